The Balaban J connectivity index is 1.98. The van der Waals surface area contributed by atoms with Crippen LogP contribution in [0.3, 0.4) is 0 Å². The van der Waals surface area contributed by atoms with E-state index < -0.39 is 0 Å². The van der Waals surface area contributed by atoms with Gasteiger partial charge in [-0.1, -0.05) is 12.1 Å². The summed E-state index contributed by atoms with van der Waals surface area (Å²) in [4.78, 5) is 1.47. The fraction of sp³-hybridized carbons (Fsp3) is 0.538. The largest absolute Gasteiger partial charge is 0.364 e. The van der Waals surface area contributed by atoms with Gasteiger partial charge in [0.15, 0.2) is 0 Å². The van der Waals surface area contributed by atoms with Gasteiger partial charge in [-0.2, -0.15) is 0 Å². The van der Waals surface area contributed by atoms with E-state index in [-0.39, 0.29) is 5.82 Å². The van der Waals surface area contributed by atoms with E-state index in [1.54, 1.807) is 12.1 Å². The Bertz CT molecular complexity index is 346. The summed E-state index contributed by atoms with van der Waals surface area (Å²) in [5.41, 5.74) is 1.07. The second-order valence-corrected chi connectivity index (χ2v) is 4.72. The maximum absolute atomic E-state index is 13.0. The molecular formula is C13H19FNO+. The summed E-state index contributed by atoms with van der Waals surface area (Å²) in [6, 6.07) is 6.87. The molecule has 0 bridgehead atoms. The van der Waals surface area contributed by atoms with Crippen molar-refractivity contribution in [1.82, 2.24) is 0 Å². The van der Waals surface area contributed by atoms with Crippen molar-refractivity contribution < 1.29 is 14.0 Å². The zero-order valence-electron chi connectivity index (χ0n) is 9.87. The van der Waals surface area contributed by atoms with Crippen LogP contribution in [0, 0.1) is 5.82 Å². The van der Waals surface area contributed by atoms with Gasteiger partial charge < -0.3 is 9.64 Å². The molecule has 0 amide bonds. The van der Waals surface area contributed by atoms with Crippen molar-refractivity contribution in [2.45, 2.75) is 32.6 Å². The first kappa shape index (κ1) is 11.6. The summed E-state index contributed by atoms with van der Waals surface area (Å²) in [6.07, 6.45) is 0.597. The van der Waals surface area contributed by atoms with Crippen LogP contribution in [0.5, 0.6) is 0 Å². The smallest absolute Gasteiger partial charge is 0.123 e. The Morgan fingerprint density at radius 1 is 1.31 bits per heavy atom. The second-order valence-electron chi connectivity index (χ2n) is 4.72. The van der Waals surface area contributed by atoms with Gasteiger partial charge in [-0.25, -0.2) is 4.39 Å². The van der Waals surface area contributed by atoms with Gasteiger partial charge in [0.25, 0.3) is 0 Å². The number of hydrogen-bond acceptors (Lipinski definition) is 1. The first-order chi connectivity index (χ1) is 7.63. The van der Waals surface area contributed by atoms with Crippen molar-refractivity contribution in [2.75, 3.05) is 13.1 Å². The van der Waals surface area contributed by atoms with E-state index in [9.17, 15) is 4.39 Å². The third kappa shape index (κ3) is 3.03. The Morgan fingerprint density at radius 2 is 2.00 bits per heavy atom. The summed E-state index contributed by atoms with van der Waals surface area (Å²) < 4.78 is 18.7. The molecule has 0 aliphatic carbocycles. The number of ether oxygens (including phenoxy) is 1. The molecule has 1 saturated heterocycles. The minimum atomic E-state index is -0.147. The van der Waals surface area contributed by atoms with Crippen molar-refractivity contribution in [2.24, 2.45) is 0 Å². The SMILES string of the molecule is C[C@@H]1C[NH+](Cc2cccc(F)c2)C[C@@H](C)O1. The molecule has 1 aromatic carbocycles. The molecular weight excluding hydrogens is 205 g/mol. The number of morpholine rings is 1. The summed E-state index contributed by atoms with van der Waals surface area (Å²) in [5.74, 6) is -0.147. The molecule has 1 heterocycles. The minimum absolute atomic E-state index is 0.147. The van der Waals surface area contributed by atoms with Crippen LogP contribution in [0.25, 0.3) is 0 Å². The zero-order valence-corrected chi connectivity index (χ0v) is 9.87. The molecule has 3 heteroatoms. The molecule has 1 aromatic rings. The number of rotatable bonds is 2. The molecule has 0 saturated carbocycles. The molecule has 1 fully saturated rings. The molecule has 88 valence electrons. The van der Waals surface area contributed by atoms with Gasteiger partial charge in [-0.15, -0.1) is 0 Å². The van der Waals surface area contributed by atoms with E-state index in [1.807, 2.05) is 6.07 Å². The maximum Gasteiger partial charge on any atom is 0.123 e. The monoisotopic (exact) mass is 224 g/mol. The standard InChI is InChI=1S/C13H18FNO/c1-10-7-15(8-11(2)16-10)9-12-4-3-5-13(14)6-12/h3-6,10-11H,7-9H2,1-2H3/p+1/t10-,11-/m1/s1. The number of halogens is 1. The van der Waals surface area contributed by atoms with Crippen LogP contribution >= 0.6 is 0 Å². The topological polar surface area (TPSA) is 13.7 Å². The van der Waals surface area contributed by atoms with E-state index >= 15 is 0 Å². The molecule has 0 aromatic heterocycles. The molecule has 2 atom stereocenters. The van der Waals surface area contributed by atoms with Crippen LogP contribution < -0.4 is 4.90 Å². The van der Waals surface area contributed by atoms with Gasteiger partial charge in [0, 0.05) is 5.56 Å². The second kappa shape index (κ2) is 4.93. The van der Waals surface area contributed by atoms with Crippen LogP contribution in [0.4, 0.5) is 4.39 Å². The average Bonchev–Trinajstić information content (AvgIpc) is 2.15. The number of hydrogen-bond donors (Lipinski definition) is 1. The van der Waals surface area contributed by atoms with E-state index in [1.165, 1.54) is 11.0 Å². The van der Waals surface area contributed by atoms with Gasteiger partial charge in [-0.05, 0) is 26.0 Å². The maximum atomic E-state index is 13.0. The Morgan fingerprint density at radius 3 is 2.62 bits per heavy atom. The summed E-state index contributed by atoms with van der Waals surface area (Å²) >= 11 is 0. The van der Waals surface area contributed by atoms with Crippen LogP contribution in [0.2, 0.25) is 0 Å². The average molecular weight is 224 g/mol. The molecule has 0 spiro atoms. The Hall–Kier alpha value is -0.930. The lowest BCUT2D eigenvalue weighted by Crippen LogP contribution is -3.14. The molecule has 16 heavy (non-hydrogen) atoms. The van der Waals surface area contributed by atoms with E-state index in [2.05, 4.69) is 13.8 Å². The molecule has 2 rings (SSSR count). The lowest BCUT2D eigenvalue weighted by atomic mass is 10.1. The van der Waals surface area contributed by atoms with Crippen LogP contribution in [0.1, 0.15) is 19.4 Å². The molecule has 1 N–H and O–H groups in total. The number of benzene rings is 1. The Labute approximate surface area is 96.0 Å². The highest BCUT2D eigenvalue weighted by Crippen LogP contribution is 2.03. The van der Waals surface area contributed by atoms with Crippen LogP contribution in [-0.2, 0) is 11.3 Å². The van der Waals surface area contributed by atoms with Crippen molar-refractivity contribution >= 4 is 0 Å². The van der Waals surface area contributed by atoms with Gasteiger partial charge in [0.2, 0.25) is 0 Å². The highest BCUT2D eigenvalue weighted by Gasteiger charge is 2.25. The number of nitrogens with one attached hydrogen (secondary N) is 1. The molecule has 0 unspecified atom stereocenters. The van der Waals surface area contributed by atoms with E-state index in [0.29, 0.717) is 12.2 Å². The third-order valence-corrected chi connectivity index (χ3v) is 2.96. The van der Waals surface area contributed by atoms with Crippen molar-refractivity contribution in [3.63, 3.8) is 0 Å². The lowest BCUT2D eigenvalue weighted by Gasteiger charge is -2.32. The van der Waals surface area contributed by atoms with Gasteiger partial charge in [0.1, 0.15) is 37.7 Å². The van der Waals surface area contributed by atoms with E-state index in [4.69, 9.17) is 4.74 Å². The summed E-state index contributed by atoms with van der Waals surface area (Å²) in [6.45, 7) is 7.08. The van der Waals surface area contributed by atoms with E-state index in [0.717, 1.165) is 25.2 Å². The van der Waals surface area contributed by atoms with Crippen LogP contribution in [0.15, 0.2) is 24.3 Å². The van der Waals surface area contributed by atoms with Gasteiger partial charge in [0.05, 0.1) is 0 Å². The first-order valence-corrected chi connectivity index (χ1v) is 5.87. The quantitative estimate of drug-likeness (QED) is 0.792. The molecule has 0 radical (unpaired) electrons. The first-order valence-electron chi connectivity index (χ1n) is 5.87. The van der Waals surface area contributed by atoms with Gasteiger partial charge >= 0.3 is 0 Å². The third-order valence-electron chi connectivity index (χ3n) is 2.96. The van der Waals surface area contributed by atoms with Crippen LogP contribution in [-0.4, -0.2) is 25.3 Å². The fourth-order valence-electron chi connectivity index (χ4n) is 2.47. The fourth-order valence-corrected chi connectivity index (χ4v) is 2.47. The highest BCUT2D eigenvalue weighted by atomic mass is 19.1. The Kier molecular flexibility index (Phi) is 3.56. The molecule has 1 aliphatic rings. The highest BCUT2D eigenvalue weighted by molar-refractivity contribution is 5.14. The normalized spacial score (nSPS) is 30.3. The lowest BCUT2D eigenvalue weighted by molar-refractivity contribution is -0.928. The van der Waals surface area contributed by atoms with Crippen molar-refractivity contribution in [1.29, 1.82) is 0 Å². The van der Waals surface area contributed by atoms with Crippen molar-refractivity contribution in [3.8, 4) is 0 Å². The summed E-state index contributed by atoms with van der Waals surface area (Å²) in [5, 5.41) is 0. The number of quaternary nitrogens is 1. The molecule has 1 aliphatic heterocycles. The predicted molar refractivity (Wildman–Crippen MR) is 60.8 cm³/mol. The molecule has 2 nitrogen and oxygen atoms in total. The predicted octanol–water partition coefficient (Wildman–Crippen LogP) is 1.02. The summed E-state index contributed by atoms with van der Waals surface area (Å²) in [7, 11) is 0. The minimum Gasteiger partial charge on any atom is -0.364 e. The zero-order chi connectivity index (χ0) is 11.5. The van der Waals surface area contributed by atoms with Gasteiger partial charge in [-0.3, -0.25) is 0 Å². The van der Waals surface area contributed by atoms with Crippen molar-refractivity contribution in [3.05, 3.63) is 35.6 Å².